The monoisotopic (exact) mass is 167 g/mol. The fraction of sp³-hybridized carbons (Fsp3) is 0.833. The fourth-order valence-corrected chi connectivity index (χ4v) is 0.603. The number of alkyl halides is 2. The Balaban J connectivity index is 4.42. The maximum Gasteiger partial charge on any atom is 0.359 e. The van der Waals surface area contributed by atoms with E-state index in [1.54, 1.807) is 0 Å². The van der Waals surface area contributed by atoms with Crippen molar-refractivity contribution in [3.05, 3.63) is 0 Å². The van der Waals surface area contributed by atoms with Crippen LogP contribution < -0.4 is 5.73 Å². The SMILES string of the molecule is CC(C)C(F)[C@@](N)(F)C(=O)O. The third-order valence-corrected chi connectivity index (χ3v) is 1.31. The quantitative estimate of drug-likeness (QED) is 0.608. The highest BCUT2D eigenvalue weighted by molar-refractivity contribution is 5.77. The van der Waals surface area contributed by atoms with Gasteiger partial charge in [-0.3, -0.25) is 5.73 Å². The van der Waals surface area contributed by atoms with Crippen molar-refractivity contribution in [2.75, 3.05) is 0 Å². The van der Waals surface area contributed by atoms with Crippen molar-refractivity contribution in [3.8, 4) is 0 Å². The molecular formula is C6H11F2NO2. The van der Waals surface area contributed by atoms with E-state index in [0.717, 1.165) is 0 Å². The predicted molar refractivity (Wildman–Crippen MR) is 35.4 cm³/mol. The summed E-state index contributed by atoms with van der Waals surface area (Å²) in [6.07, 6.45) is -2.18. The summed E-state index contributed by atoms with van der Waals surface area (Å²) in [5.74, 6) is -5.99. The van der Waals surface area contributed by atoms with E-state index >= 15 is 0 Å². The molecule has 0 fully saturated rings. The summed E-state index contributed by atoms with van der Waals surface area (Å²) in [5.41, 5.74) is 4.56. The van der Waals surface area contributed by atoms with Gasteiger partial charge in [-0.05, 0) is 5.92 Å². The molecule has 0 spiro atoms. The second-order valence-electron chi connectivity index (χ2n) is 2.72. The minimum Gasteiger partial charge on any atom is -0.478 e. The van der Waals surface area contributed by atoms with Crippen LogP contribution in [0.3, 0.4) is 0 Å². The van der Waals surface area contributed by atoms with E-state index in [4.69, 9.17) is 5.11 Å². The number of halogens is 2. The smallest absolute Gasteiger partial charge is 0.359 e. The van der Waals surface area contributed by atoms with Crippen LogP contribution in [0.25, 0.3) is 0 Å². The van der Waals surface area contributed by atoms with Gasteiger partial charge in [0.25, 0.3) is 5.79 Å². The van der Waals surface area contributed by atoms with Crippen LogP contribution in [-0.4, -0.2) is 23.0 Å². The van der Waals surface area contributed by atoms with Crippen LogP contribution in [0.4, 0.5) is 8.78 Å². The maximum absolute atomic E-state index is 12.7. The lowest BCUT2D eigenvalue weighted by Gasteiger charge is -2.22. The summed E-state index contributed by atoms with van der Waals surface area (Å²) >= 11 is 0. The summed E-state index contributed by atoms with van der Waals surface area (Å²) in [6, 6.07) is 0. The van der Waals surface area contributed by atoms with Crippen LogP contribution in [0.1, 0.15) is 13.8 Å². The van der Waals surface area contributed by atoms with Crippen LogP contribution in [0.5, 0.6) is 0 Å². The topological polar surface area (TPSA) is 63.3 Å². The summed E-state index contributed by atoms with van der Waals surface area (Å²) in [6.45, 7) is 2.71. The summed E-state index contributed by atoms with van der Waals surface area (Å²) in [4.78, 5) is 10.0. The van der Waals surface area contributed by atoms with Gasteiger partial charge in [0.05, 0.1) is 0 Å². The minimum atomic E-state index is -3.27. The van der Waals surface area contributed by atoms with Gasteiger partial charge in [0, 0.05) is 0 Å². The molecule has 66 valence electrons. The zero-order valence-electron chi connectivity index (χ0n) is 6.34. The lowest BCUT2D eigenvalue weighted by atomic mass is 10.00. The van der Waals surface area contributed by atoms with E-state index in [0.29, 0.717) is 0 Å². The molecule has 11 heavy (non-hydrogen) atoms. The summed E-state index contributed by atoms with van der Waals surface area (Å²) in [7, 11) is 0. The van der Waals surface area contributed by atoms with Crippen molar-refractivity contribution >= 4 is 5.97 Å². The average Bonchev–Trinajstić information content (AvgIpc) is 1.85. The molecule has 0 radical (unpaired) electrons. The molecule has 3 N–H and O–H groups in total. The van der Waals surface area contributed by atoms with Gasteiger partial charge in [-0.2, -0.15) is 0 Å². The van der Waals surface area contributed by atoms with Gasteiger partial charge in [0.2, 0.25) is 0 Å². The van der Waals surface area contributed by atoms with E-state index < -0.39 is 23.9 Å². The highest BCUT2D eigenvalue weighted by Crippen LogP contribution is 2.20. The van der Waals surface area contributed by atoms with E-state index in [1.165, 1.54) is 13.8 Å². The number of hydrogen-bond acceptors (Lipinski definition) is 2. The van der Waals surface area contributed by atoms with E-state index in [9.17, 15) is 13.6 Å². The Kier molecular flexibility index (Phi) is 2.92. The first-order chi connectivity index (χ1) is 4.80. The molecule has 0 amide bonds. The maximum atomic E-state index is 12.7. The Hall–Kier alpha value is -0.710. The molecule has 0 saturated carbocycles. The Morgan fingerprint density at radius 1 is 1.64 bits per heavy atom. The Labute approximate surface area is 63.2 Å². The standard InChI is InChI=1S/C6H11F2NO2/c1-3(2)4(7)6(8,9)5(10)11/h3-4H,9H2,1-2H3,(H,10,11)/t4?,6-/m0/s1. The van der Waals surface area contributed by atoms with Crippen molar-refractivity contribution < 1.29 is 18.7 Å². The van der Waals surface area contributed by atoms with Gasteiger partial charge < -0.3 is 5.11 Å². The predicted octanol–water partition coefficient (Wildman–Crippen LogP) is 0.690. The zero-order chi connectivity index (χ0) is 9.23. The van der Waals surface area contributed by atoms with Gasteiger partial charge in [-0.15, -0.1) is 0 Å². The van der Waals surface area contributed by atoms with Crippen molar-refractivity contribution in [2.45, 2.75) is 25.8 Å². The molecule has 5 heteroatoms. The van der Waals surface area contributed by atoms with Crippen molar-refractivity contribution in [1.82, 2.24) is 0 Å². The van der Waals surface area contributed by atoms with Crippen molar-refractivity contribution in [3.63, 3.8) is 0 Å². The lowest BCUT2D eigenvalue weighted by Crippen LogP contribution is -2.53. The van der Waals surface area contributed by atoms with Gasteiger partial charge in [0.15, 0.2) is 6.17 Å². The van der Waals surface area contributed by atoms with Gasteiger partial charge in [-0.25, -0.2) is 13.6 Å². The molecule has 0 aromatic rings. The average molecular weight is 167 g/mol. The normalized spacial score (nSPS) is 19.5. The second kappa shape index (κ2) is 3.13. The molecule has 0 aliphatic rings. The van der Waals surface area contributed by atoms with Crippen LogP contribution in [0, 0.1) is 5.92 Å². The lowest BCUT2D eigenvalue weighted by molar-refractivity contribution is -0.157. The number of carbonyl (C=O) groups is 1. The second-order valence-corrected chi connectivity index (χ2v) is 2.72. The number of rotatable bonds is 3. The van der Waals surface area contributed by atoms with Gasteiger partial charge in [-0.1, -0.05) is 13.8 Å². The van der Waals surface area contributed by atoms with E-state index in [1.807, 2.05) is 0 Å². The molecule has 2 atom stereocenters. The van der Waals surface area contributed by atoms with Crippen LogP contribution in [-0.2, 0) is 4.79 Å². The molecule has 0 saturated heterocycles. The van der Waals surface area contributed by atoms with Gasteiger partial charge in [0.1, 0.15) is 0 Å². The molecule has 0 heterocycles. The Morgan fingerprint density at radius 3 is 2.09 bits per heavy atom. The third kappa shape index (κ3) is 2.11. The summed E-state index contributed by atoms with van der Waals surface area (Å²) < 4.78 is 25.3. The first-order valence-electron chi connectivity index (χ1n) is 3.15. The van der Waals surface area contributed by atoms with Crippen molar-refractivity contribution in [1.29, 1.82) is 0 Å². The van der Waals surface area contributed by atoms with Crippen molar-refractivity contribution in [2.24, 2.45) is 11.7 Å². The fourth-order valence-electron chi connectivity index (χ4n) is 0.603. The molecule has 0 aromatic heterocycles. The minimum absolute atomic E-state index is 0.749. The van der Waals surface area contributed by atoms with Crippen LogP contribution in [0.2, 0.25) is 0 Å². The first kappa shape index (κ1) is 10.3. The largest absolute Gasteiger partial charge is 0.478 e. The number of hydrogen-bond donors (Lipinski definition) is 2. The Morgan fingerprint density at radius 2 is 2.00 bits per heavy atom. The van der Waals surface area contributed by atoms with Crippen LogP contribution >= 0.6 is 0 Å². The molecule has 3 nitrogen and oxygen atoms in total. The highest BCUT2D eigenvalue weighted by atomic mass is 19.2. The van der Waals surface area contributed by atoms with Gasteiger partial charge >= 0.3 is 5.97 Å². The number of carboxylic acid groups (broad SMARTS) is 1. The van der Waals surface area contributed by atoms with Crippen LogP contribution in [0.15, 0.2) is 0 Å². The summed E-state index contributed by atoms with van der Waals surface area (Å²) in [5, 5.41) is 8.12. The molecular weight excluding hydrogens is 156 g/mol. The molecule has 0 aliphatic heterocycles. The molecule has 1 unspecified atom stereocenters. The number of aliphatic carboxylic acids is 1. The Bertz CT molecular complexity index is 159. The molecule has 0 rings (SSSR count). The zero-order valence-corrected chi connectivity index (χ0v) is 6.34. The highest BCUT2D eigenvalue weighted by Gasteiger charge is 2.45. The number of carboxylic acids is 1. The molecule has 0 aliphatic carbocycles. The number of nitrogens with two attached hydrogens (primary N) is 1. The van der Waals surface area contributed by atoms with E-state index in [-0.39, 0.29) is 0 Å². The first-order valence-corrected chi connectivity index (χ1v) is 3.15. The van der Waals surface area contributed by atoms with E-state index in [2.05, 4.69) is 5.73 Å². The molecule has 0 aromatic carbocycles. The third-order valence-electron chi connectivity index (χ3n) is 1.31. The molecule has 0 bridgehead atoms.